The van der Waals surface area contributed by atoms with Crippen molar-refractivity contribution in [3.05, 3.63) is 34.9 Å². The van der Waals surface area contributed by atoms with Gasteiger partial charge in [0.25, 0.3) is 0 Å². The van der Waals surface area contributed by atoms with Gasteiger partial charge in [0, 0.05) is 15.8 Å². The first-order chi connectivity index (χ1) is 7.13. The monoisotopic (exact) mass is 241 g/mol. The van der Waals surface area contributed by atoms with Crippen LogP contribution in [0.2, 0.25) is 5.02 Å². The Balaban J connectivity index is 2.27. The number of rotatable bonds is 2. The zero-order chi connectivity index (χ0) is 10.9. The molecule has 1 aromatic rings. The third-order valence-electron chi connectivity index (χ3n) is 3.15. The number of hydrogen-bond acceptors (Lipinski definition) is 2. The standard InChI is InChI=1S/C12H16ClNS/c1-12(7-4-8-15-12)11(14)9-5-2-3-6-10(9)13/h2-3,5-6,11H,4,7-8,14H2,1H3. The van der Waals surface area contributed by atoms with Crippen LogP contribution in [0.1, 0.15) is 31.4 Å². The Morgan fingerprint density at radius 3 is 2.80 bits per heavy atom. The lowest BCUT2D eigenvalue weighted by atomic mass is 9.91. The summed E-state index contributed by atoms with van der Waals surface area (Å²) in [6.07, 6.45) is 2.45. The first-order valence-electron chi connectivity index (χ1n) is 5.27. The summed E-state index contributed by atoms with van der Waals surface area (Å²) in [6, 6.07) is 7.95. The average molecular weight is 242 g/mol. The van der Waals surface area contributed by atoms with Gasteiger partial charge in [-0.1, -0.05) is 29.8 Å². The van der Waals surface area contributed by atoms with Gasteiger partial charge >= 0.3 is 0 Å². The highest BCUT2D eigenvalue weighted by molar-refractivity contribution is 8.00. The Morgan fingerprint density at radius 1 is 1.47 bits per heavy atom. The summed E-state index contributed by atoms with van der Waals surface area (Å²) >= 11 is 8.14. The van der Waals surface area contributed by atoms with Crippen molar-refractivity contribution >= 4 is 23.4 Å². The molecular weight excluding hydrogens is 226 g/mol. The molecule has 2 unspecified atom stereocenters. The lowest BCUT2D eigenvalue weighted by Crippen LogP contribution is -2.33. The molecular formula is C12H16ClNS. The largest absolute Gasteiger partial charge is 0.323 e. The van der Waals surface area contributed by atoms with Crippen molar-refractivity contribution in [2.75, 3.05) is 5.75 Å². The zero-order valence-electron chi connectivity index (χ0n) is 8.87. The molecule has 1 fully saturated rings. The molecule has 3 heteroatoms. The number of thioether (sulfide) groups is 1. The van der Waals surface area contributed by atoms with Gasteiger partial charge < -0.3 is 5.73 Å². The first-order valence-corrected chi connectivity index (χ1v) is 6.64. The Bertz CT molecular complexity index is 347. The molecule has 1 aromatic carbocycles. The Kier molecular flexibility index (Phi) is 3.29. The molecule has 0 bridgehead atoms. The molecule has 0 aromatic heterocycles. The molecule has 1 saturated heterocycles. The van der Waals surface area contributed by atoms with Crippen molar-refractivity contribution in [1.82, 2.24) is 0 Å². The SMILES string of the molecule is CC1(C(N)c2ccccc2Cl)CCCS1. The second-order valence-corrected chi connectivity index (χ2v) is 6.30. The minimum atomic E-state index is 0.0405. The normalized spacial score (nSPS) is 27.9. The summed E-state index contributed by atoms with van der Waals surface area (Å²) in [4.78, 5) is 0. The highest BCUT2D eigenvalue weighted by atomic mass is 35.5. The third-order valence-corrected chi connectivity index (χ3v) is 5.10. The molecule has 2 N–H and O–H groups in total. The van der Waals surface area contributed by atoms with Crippen LogP contribution in [-0.4, -0.2) is 10.5 Å². The lowest BCUT2D eigenvalue weighted by Gasteiger charge is -2.31. The van der Waals surface area contributed by atoms with E-state index < -0.39 is 0 Å². The Morgan fingerprint density at radius 2 is 2.20 bits per heavy atom. The van der Waals surface area contributed by atoms with Crippen molar-refractivity contribution in [1.29, 1.82) is 0 Å². The highest BCUT2D eigenvalue weighted by Crippen LogP contribution is 2.46. The van der Waals surface area contributed by atoms with Crippen LogP contribution in [-0.2, 0) is 0 Å². The number of hydrogen-bond donors (Lipinski definition) is 1. The van der Waals surface area contributed by atoms with E-state index in [4.69, 9.17) is 17.3 Å². The van der Waals surface area contributed by atoms with Gasteiger partial charge in [0.05, 0.1) is 0 Å². The molecule has 0 amide bonds. The van der Waals surface area contributed by atoms with Crippen LogP contribution in [0.5, 0.6) is 0 Å². The molecule has 0 radical (unpaired) electrons. The maximum absolute atomic E-state index is 6.33. The molecule has 0 aliphatic carbocycles. The van der Waals surface area contributed by atoms with E-state index in [1.54, 1.807) is 0 Å². The number of benzene rings is 1. The molecule has 15 heavy (non-hydrogen) atoms. The van der Waals surface area contributed by atoms with Crippen LogP contribution < -0.4 is 5.73 Å². The zero-order valence-corrected chi connectivity index (χ0v) is 10.4. The van der Waals surface area contributed by atoms with Crippen LogP contribution in [0.3, 0.4) is 0 Å². The van der Waals surface area contributed by atoms with Crippen molar-refractivity contribution < 1.29 is 0 Å². The summed E-state index contributed by atoms with van der Waals surface area (Å²) in [7, 11) is 0. The predicted octanol–water partition coefficient (Wildman–Crippen LogP) is 3.63. The van der Waals surface area contributed by atoms with Crippen molar-refractivity contribution in [2.24, 2.45) is 5.73 Å². The molecule has 2 atom stereocenters. The van der Waals surface area contributed by atoms with Gasteiger partial charge in [0.1, 0.15) is 0 Å². The van der Waals surface area contributed by atoms with Gasteiger partial charge in [0.15, 0.2) is 0 Å². The third kappa shape index (κ3) is 2.17. The van der Waals surface area contributed by atoms with Crippen molar-refractivity contribution in [3.63, 3.8) is 0 Å². The van der Waals surface area contributed by atoms with Gasteiger partial charge in [-0.25, -0.2) is 0 Å². The molecule has 0 spiro atoms. The Hall–Kier alpha value is -0.180. The topological polar surface area (TPSA) is 26.0 Å². The maximum atomic E-state index is 6.33. The summed E-state index contributed by atoms with van der Waals surface area (Å²) in [6.45, 7) is 2.25. The summed E-state index contributed by atoms with van der Waals surface area (Å²) in [5.74, 6) is 1.22. The molecule has 0 saturated carbocycles. The van der Waals surface area contributed by atoms with Crippen LogP contribution in [0.4, 0.5) is 0 Å². The highest BCUT2D eigenvalue weighted by Gasteiger charge is 2.37. The van der Waals surface area contributed by atoms with Crippen molar-refractivity contribution in [2.45, 2.75) is 30.6 Å². The molecule has 82 valence electrons. The second-order valence-electron chi connectivity index (χ2n) is 4.26. The molecule has 2 rings (SSSR count). The van der Waals surface area contributed by atoms with Gasteiger partial charge in [-0.15, -0.1) is 0 Å². The van der Waals surface area contributed by atoms with E-state index in [2.05, 4.69) is 6.92 Å². The van der Waals surface area contributed by atoms with E-state index in [9.17, 15) is 0 Å². The average Bonchev–Trinajstić information content (AvgIpc) is 2.66. The van der Waals surface area contributed by atoms with E-state index in [1.807, 2.05) is 36.0 Å². The Labute approximate surface area is 100 Å². The van der Waals surface area contributed by atoms with E-state index in [-0.39, 0.29) is 10.8 Å². The van der Waals surface area contributed by atoms with Crippen molar-refractivity contribution in [3.8, 4) is 0 Å². The smallest absolute Gasteiger partial charge is 0.0456 e. The fourth-order valence-corrected chi connectivity index (χ4v) is 3.71. The molecule has 1 aliphatic rings. The lowest BCUT2D eigenvalue weighted by molar-refractivity contribution is 0.502. The first kappa shape index (κ1) is 11.3. The summed E-state index contributed by atoms with van der Waals surface area (Å²) < 4.78 is 0.158. The fourth-order valence-electron chi connectivity index (χ4n) is 2.10. The summed E-state index contributed by atoms with van der Waals surface area (Å²) in [5.41, 5.74) is 7.41. The van der Waals surface area contributed by atoms with E-state index in [1.165, 1.54) is 18.6 Å². The molecule has 1 nitrogen and oxygen atoms in total. The van der Waals surface area contributed by atoms with E-state index >= 15 is 0 Å². The molecule has 1 aliphatic heterocycles. The number of halogens is 1. The fraction of sp³-hybridized carbons (Fsp3) is 0.500. The van der Waals surface area contributed by atoms with Crippen LogP contribution in [0, 0.1) is 0 Å². The van der Waals surface area contributed by atoms with Gasteiger partial charge in [0.2, 0.25) is 0 Å². The number of nitrogens with two attached hydrogens (primary N) is 1. The van der Waals surface area contributed by atoms with E-state index in [0.29, 0.717) is 0 Å². The summed E-state index contributed by atoms with van der Waals surface area (Å²) in [5, 5.41) is 0.790. The van der Waals surface area contributed by atoms with Gasteiger partial charge in [-0.2, -0.15) is 11.8 Å². The van der Waals surface area contributed by atoms with Gasteiger partial charge in [-0.05, 0) is 37.1 Å². The van der Waals surface area contributed by atoms with Gasteiger partial charge in [-0.3, -0.25) is 0 Å². The van der Waals surface area contributed by atoms with Crippen LogP contribution in [0.25, 0.3) is 0 Å². The minimum absolute atomic E-state index is 0.0405. The van der Waals surface area contributed by atoms with Crippen LogP contribution >= 0.6 is 23.4 Å². The molecule has 1 heterocycles. The maximum Gasteiger partial charge on any atom is 0.0456 e. The van der Waals surface area contributed by atoms with Crippen LogP contribution in [0.15, 0.2) is 24.3 Å². The predicted molar refractivity (Wildman–Crippen MR) is 68.5 cm³/mol. The minimum Gasteiger partial charge on any atom is -0.323 e. The quantitative estimate of drug-likeness (QED) is 0.856. The second kappa shape index (κ2) is 4.36. The van der Waals surface area contributed by atoms with E-state index in [0.717, 1.165) is 10.6 Å².